The number of hydrogen-bond donors (Lipinski definition) is 1. The number of nitrogens with one attached hydrogen (secondary N) is 1. The van der Waals surface area contributed by atoms with Crippen molar-refractivity contribution in [2.75, 3.05) is 17.7 Å². The number of anilines is 1. The fourth-order valence-corrected chi connectivity index (χ4v) is 5.06. The van der Waals surface area contributed by atoms with Gasteiger partial charge in [-0.25, -0.2) is 4.68 Å². The van der Waals surface area contributed by atoms with Gasteiger partial charge in [-0.15, -0.1) is 11.8 Å². The van der Waals surface area contributed by atoms with Crippen LogP contribution < -0.4 is 10.1 Å². The molecule has 1 atom stereocenters. The molecule has 164 valence electrons. The Morgan fingerprint density at radius 3 is 2.42 bits per heavy atom. The molecule has 1 amide bonds. The van der Waals surface area contributed by atoms with E-state index in [2.05, 4.69) is 36.2 Å². The number of amides is 1. The summed E-state index contributed by atoms with van der Waals surface area (Å²) in [5.74, 6) is 1.82. The van der Waals surface area contributed by atoms with Gasteiger partial charge >= 0.3 is 0 Å². The molecule has 3 aromatic carbocycles. The lowest BCUT2D eigenvalue weighted by atomic mass is 10.00. The van der Waals surface area contributed by atoms with Gasteiger partial charge < -0.3 is 10.1 Å². The molecule has 1 aromatic heterocycles. The molecule has 1 unspecified atom stereocenters. The molecule has 0 radical (unpaired) electrons. The summed E-state index contributed by atoms with van der Waals surface area (Å²) in [6.07, 6.45) is 1.72. The van der Waals surface area contributed by atoms with Crippen LogP contribution in [0.25, 0.3) is 16.9 Å². The van der Waals surface area contributed by atoms with Crippen LogP contribution in [0.15, 0.2) is 97.6 Å². The number of para-hydroxylation sites is 1. The van der Waals surface area contributed by atoms with E-state index in [4.69, 9.17) is 9.84 Å². The predicted molar refractivity (Wildman–Crippen MR) is 134 cm³/mol. The summed E-state index contributed by atoms with van der Waals surface area (Å²) >= 11 is 1.61. The van der Waals surface area contributed by atoms with Gasteiger partial charge in [0, 0.05) is 11.1 Å². The van der Waals surface area contributed by atoms with Crippen molar-refractivity contribution in [3.63, 3.8) is 0 Å². The molecule has 1 aliphatic rings. The molecule has 5 rings (SSSR count). The van der Waals surface area contributed by atoms with Crippen molar-refractivity contribution in [2.24, 2.45) is 0 Å². The first-order chi connectivity index (χ1) is 16.2. The van der Waals surface area contributed by atoms with E-state index in [1.54, 1.807) is 17.8 Å². The lowest BCUT2D eigenvalue weighted by molar-refractivity contribution is -0.113. The second kappa shape index (κ2) is 9.38. The van der Waals surface area contributed by atoms with Crippen molar-refractivity contribution < 1.29 is 9.53 Å². The molecule has 2 heterocycles. The van der Waals surface area contributed by atoms with Gasteiger partial charge in [-0.1, -0.05) is 73.3 Å². The minimum absolute atomic E-state index is 0.0358. The first-order valence-corrected chi connectivity index (χ1v) is 11.8. The molecule has 1 N–H and O–H groups in total. The van der Waals surface area contributed by atoms with Crippen molar-refractivity contribution >= 4 is 23.5 Å². The van der Waals surface area contributed by atoms with Gasteiger partial charge in [0.2, 0.25) is 5.91 Å². The molecule has 0 fully saturated rings. The number of rotatable bonds is 6. The van der Waals surface area contributed by atoms with Crippen molar-refractivity contribution in [1.29, 1.82) is 0 Å². The summed E-state index contributed by atoms with van der Waals surface area (Å²) in [4.78, 5) is 12.7. The highest BCUT2D eigenvalue weighted by Gasteiger charge is 2.32. The molecule has 0 aliphatic carbocycles. The first kappa shape index (κ1) is 21.1. The Morgan fingerprint density at radius 1 is 1.03 bits per heavy atom. The van der Waals surface area contributed by atoms with Gasteiger partial charge in [-0.05, 0) is 29.8 Å². The molecular formula is C27H23N3O2S. The highest BCUT2D eigenvalue weighted by Crippen LogP contribution is 2.47. The normalized spacial score (nSPS) is 15.3. The predicted octanol–water partition coefficient (Wildman–Crippen LogP) is 5.88. The second-order valence-electron chi connectivity index (χ2n) is 7.63. The van der Waals surface area contributed by atoms with E-state index < -0.39 is 0 Å². The number of carbonyl (C=O) groups excluding carboxylic acids is 1. The Bertz CT molecular complexity index is 1270. The standard InChI is InChI=1S/C27H23N3O2S/c1-2-17-32-22-15-13-20(14-16-22)26-24-25(19-9-5-3-6-10-19)29-30(21-11-7-4-8-12-21)27(24)28-23(31)18-33-26/h2-16,26H,1,17-18H2,(H,28,31). The van der Waals surface area contributed by atoms with Gasteiger partial charge in [0.05, 0.1) is 22.4 Å². The zero-order valence-corrected chi connectivity index (χ0v) is 18.8. The van der Waals surface area contributed by atoms with Crippen LogP contribution in [0.5, 0.6) is 5.75 Å². The lowest BCUT2D eigenvalue weighted by Crippen LogP contribution is -2.15. The van der Waals surface area contributed by atoms with E-state index in [0.29, 0.717) is 18.2 Å². The van der Waals surface area contributed by atoms with E-state index in [1.165, 1.54) is 0 Å². The quantitative estimate of drug-likeness (QED) is 0.371. The van der Waals surface area contributed by atoms with E-state index >= 15 is 0 Å². The highest BCUT2D eigenvalue weighted by atomic mass is 32.2. The largest absolute Gasteiger partial charge is 0.490 e. The third-order valence-corrected chi connectivity index (χ3v) is 6.69. The molecule has 0 saturated heterocycles. The zero-order valence-electron chi connectivity index (χ0n) is 18.0. The number of nitrogens with zero attached hydrogens (tertiary/aromatic N) is 2. The summed E-state index contributed by atoms with van der Waals surface area (Å²) in [6.45, 7) is 4.16. The van der Waals surface area contributed by atoms with Crippen molar-refractivity contribution in [1.82, 2.24) is 9.78 Å². The van der Waals surface area contributed by atoms with Crippen LogP contribution in [0, 0.1) is 0 Å². The molecule has 6 heteroatoms. The maximum absolute atomic E-state index is 12.7. The zero-order chi connectivity index (χ0) is 22.6. The summed E-state index contributed by atoms with van der Waals surface area (Å²) in [7, 11) is 0. The van der Waals surface area contributed by atoms with Crippen LogP contribution in [0.1, 0.15) is 16.4 Å². The lowest BCUT2D eigenvalue weighted by Gasteiger charge is -2.17. The van der Waals surface area contributed by atoms with E-state index in [-0.39, 0.29) is 11.2 Å². The van der Waals surface area contributed by atoms with Crippen molar-refractivity contribution in [2.45, 2.75) is 5.25 Å². The maximum Gasteiger partial charge on any atom is 0.235 e. The first-order valence-electron chi connectivity index (χ1n) is 10.7. The third kappa shape index (κ3) is 4.30. The van der Waals surface area contributed by atoms with Gasteiger partial charge in [-0.2, -0.15) is 5.10 Å². The van der Waals surface area contributed by atoms with Crippen LogP contribution in [0.4, 0.5) is 5.82 Å². The molecule has 5 nitrogen and oxygen atoms in total. The Labute approximate surface area is 197 Å². The molecule has 4 aromatic rings. The molecule has 1 aliphatic heterocycles. The number of benzene rings is 3. The van der Waals surface area contributed by atoms with E-state index in [9.17, 15) is 4.79 Å². The van der Waals surface area contributed by atoms with Gasteiger partial charge in [-0.3, -0.25) is 4.79 Å². The topological polar surface area (TPSA) is 56.1 Å². The summed E-state index contributed by atoms with van der Waals surface area (Å²) in [5.41, 5.74) is 4.86. The monoisotopic (exact) mass is 453 g/mol. The van der Waals surface area contributed by atoms with Gasteiger partial charge in [0.25, 0.3) is 0 Å². The van der Waals surface area contributed by atoms with Crippen LogP contribution >= 0.6 is 11.8 Å². The summed E-state index contributed by atoms with van der Waals surface area (Å²) in [5, 5.41) is 8.05. The number of hydrogen-bond acceptors (Lipinski definition) is 4. The van der Waals surface area contributed by atoms with Crippen LogP contribution in [0.2, 0.25) is 0 Å². The van der Waals surface area contributed by atoms with E-state index in [1.807, 2.05) is 65.3 Å². The minimum Gasteiger partial charge on any atom is -0.490 e. The highest BCUT2D eigenvalue weighted by molar-refractivity contribution is 8.00. The second-order valence-corrected chi connectivity index (χ2v) is 8.73. The number of fused-ring (bicyclic) bond motifs is 1. The smallest absolute Gasteiger partial charge is 0.235 e. The average Bonchev–Trinajstić information content (AvgIpc) is 3.14. The van der Waals surface area contributed by atoms with Crippen molar-refractivity contribution in [3.05, 3.63) is 109 Å². The van der Waals surface area contributed by atoms with Crippen molar-refractivity contribution in [3.8, 4) is 22.7 Å². The van der Waals surface area contributed by atoms with Crippen LogP contribution in [-0.4, -0.2) is 28.0 Å². The fourth-order valence-electron chi connectivity index (χ4n) is 3.93. The molecule has 0 spiro atoms. The Hall–Kier alpha value is -3.77. The summed E-state index contributed by atoms with van der Waals surface area (Å²) < 4.78 is 7.50. The van der Waals surface area contributed by atoms with Gasteiger partial charge in [0.1, 0.15) is 18.2 Å². The Balaban J connectivity index is 1.68. The molecule has 33 heavy (non-hydrogen) atoms. The maximum atomic E-state index is 12.7. The van der Waals surface area contributed by atoms with Crippen LogP contribution in [-0.2, 0) is 4.79 Å². The number of aromatic nitrogens is 2. The molecule has 0 bridgehead atoms. The molecular weight excluding hydrogens is 430 g/mol. The number of thioether (sulfide) groups is 1. The summed E-state index contributed by atoms with van der Waals surface area (Å²) in [6, 6.07) is 28.1. The average molecular weight is 454 g/mol. The van der Waals surface area contributed by atoms with E-state index in [0.717, 1.165) is 33.8 Å². The minimum atomic E-state index is -0.0694. The third-order valence-electron chi connectivity index (χ3n) is 5.42. The number of ether oxygens (including phenoxy) is 1. The number of carbonyl (C=O) groups is 1. The molecule has 0 saturated carbocycles. The SMILES string of the molecule is C=CCOc1ccc(C2SCC(=O)Nc3c2c(-c2ccccc2)nn3-c2ccccc2)cc1. The Kier molecular flexibility index (Phi) is 6.00. The Morgan fingerprint density at radius 2 is 1.73 bits per heavy atom. The fraction of sp³-hybridized carbons (Fsp3) is 0.111. The van der Waals surface area contributed by atoms with Gasteiger partial charge in [0.15, 0.2) is 0 Å². The van der Waals surface area contributed by atoms with Crippen LogP contribution in [0.3, 0.4) is 0 Å².